The Bertz CT molecular complexity index is 940. The molecule has 0 bridgehead atoms. The molecule has 1 N–H and O–H groups in total. The Morgan fingerprint density at radius 1 is 1.25 bits per heavy atom. The predicted molar refractivity (Wildman–Crippen MR) is 107 cm³/mol. The number of fused-ring (bicyclic) bond motifs is 1. The van der Waals surface area contributed by atoms with Crippen molar-refractivity contribution in [3.63, 3.8) is 0 Å². The Labute approximate surface area is 164 Å². The number of rotatable bonds is 7. The summed E-state index contributed by atoms with van der Waals surface area (Å²) < 4.78 is 7.38. The van der Waals surface area contributed by atoms with Gasteiger partial charge in [-0.3, -0.25) is 4.79 Å². The van der Waals surface area contributed by atoms with Gasteiger partial charge in [-0.05, 0) is 44.3 Å². The van der Waals surface area contributed by atoms with Gasteiger partial charge in [0.2, 0.25) is 0 Å². The monoisotopic (exact) mass is 379 g/mol. The molecule has 1 atom stereocenters. The molecule has 7 heteroatoms. The van der Waals surface area contributed by atoms with Crippen LogP contribution in [-0.4, -0.2) is 58.9 Å². The second kappa shape index (κ2) is 8.39. The number of benzene rings is 1. The molecule has 0 unspecified atom stereocenters. The number of hydrogen-bond acceptors (Lipinski definition) is 5. The number of nitrogens with one attached hydrogen (secondary N) is 1. The first-order valence-corrected chi connectivity index (χ1v) is 9.65. The number of likely N-dealkylation sites (N-methyl/N-ethyl adjacent to an activating group) is 1. The number of likely N-dealkylation sites (tertiary alicyclic amines) is 1. The van der Waals surface area contributed by atoms with Crippen molar-refractivity contribution in [1.29, 1.82) is 0 Å². The van der Waals surface area contributed by atoms with Crippen LogP contribution in [0.1, 0.15) is 18.0 Å². The molecule has 3 heterocycles. The summed E-state index contributed by atoms with van der Waals surface area (Å²) >= 11 is 0. The van der Waals surface area contributed by atoms with E-state index in [1.54, 1.807) is 6.20 Å². The van der Waals surface area contributed by atoms with Crippen LogP contribution < -0.4 is 10.1 Å². The predicted octanol–water partition coefficient (Wildman–Crippen LogP) is 2.05. The minimum absolute atomic E-state index is 0.00176. The molecule has 1 aromatic carbocycles. The molecule has 1 aliphatic heterocycles. The molecule has 0 radical (unpaired) electrons. The number of nitrogens with zero attached hydrogens (tertiary/aromatic N) is 4. The molecule has 2 aromatic heterocycles. The maximum atomic E-state index is 12.0. The lowest BCUT2D eigenvalue weighted by atomic mass is 10.0. The van der Waals surface area contributed by atoms with Gasteiger partial charge in [-0.15, -0.1) is 0 Å². The molecule has 3 aromatic rings. The summed E-state index contributed by atoms with van der Waals surface area (Å²) in [5, 5.41) is 8.84. The number of pyridine rings is 1. The number of aromatic nitrogens is 3. The average molecular weight is 379 g/mol. The van der Waals surface area contributed by atoms with Crippen LogP contribution in [0.3, 0.4) is 0 Å². The summed E-state index contributed by atoms with van der Waals surface area (Å²) in [5.74, 6) is 0.976. The third-order valence-electron chi connectivity index (χ3n) is 5.07. The van der Waals surface area contributed by atoms with E-state index in [1.165, 1.54) is 0 Å². The highest BCUT2D eigenvalue weighted by Crippen LogP contribution is 2.30. The topological polar surface area (TPSA) is 72.3 Å². The van der Waals surface area contributed by atoms with Crippen LogP contribution in [0.25, 0.3) is 11.0 Å². The van der Waals surface area contributed by atoms with Crippen molar-refractivity contribution in [2.45, 2.75) is 18.9 Å². The fourth-order valence-electron chi connectivity index (χ4n) is 3.67. The molecule has 0 spiro atoms. The largest absolute Gasteiger partial charge is 0.484 e. The SMILES string of the molecule is CN1CC[C@H](c2nn(CCNC(=O)COc3ccccc3)c3ncccc23)C1. The van der Waals surface area contributed by atoms with Gasteiger partial charge in [0, 0.05) is 30.6 Å². The van der Waals surface area contributed by atoms with Gasteiger partial charge in [0.25, 0.3) is 5.91 Å². The van der Waals surface area contributed by atoms with E-state index < -0.39 is 0 Å². The zero-order valence-electron chi connectivity index (χ0n) is 16.0. The molecule has 0 aliphatic carbocycles. The average Bonchev–Trinajstić information content (AvgIpc) is 3.31. The van der Waals surface area contributed by atoms with Crippen LogP contribution in [0.15, 0.2) is 48.7 Å². The third kappa shape index (κ3) is 4.14. The van der Waals surface area contributed by atoms with Crippen molar-refractivity contribution in [2.75, 3.05) is 33.3 Å². The van der Waals surface area contributed by atoms with E-state index in [0.717, 1.165) is 36.2 Å². The Balaban J connectivity index is 1.36. The van der Waals surface area contributed by atoms with Crippen LogP contribution >= 0.6 is 0 Å². The number of ether oxygens (including phenoxy) is 1. The van der Waals surface area contributed by atoms with Crippen molar-refractivity contribution in [2.24, 2.45) is 0 Å². The van der Waals surface area contributed by atoms with Crippen molar-refractivity contribution >= 4 is 16.9 Å². The first-order chi connectivity index (χ1) is 13.7. The van der Waals surface area contributed by atoms with Gasteiger partial charge in [-0.2, -0.15) is 5.10 Å². The van der Waals surface area contributed by atoms with Gasteiger partial charge >= 0.3 is 0 Å². The van der Waals surface area contributed by atoms with Crippen LogP contribution in [0.4, 0.5) is 0 Å². The zero-order valence-corrected chi connectivity index (χ0v) is 16.0. The first kappa shape index (κ1) is 18.4. The van der Waals surface area contributed by atoms with Gasteiger partial charge < -0.3 is 15.0 Å². The molecule has 7 nitrogen and oxygen atoms in total. The minimum atomic E-state index is -0.147. The molecule has 1 aliphatic rings. The van der Waals surface area contributed by atoms with E-state index in [0.29, 0.717) is 24.8 Å². The van der Waals surface area contributed by atoms with Crippen molar-refractivity contribution in [3.05, 3.63) is 54.4 Å². The molecule has 1 amide bonds. The number of amides is 1. The summed E-state index contributed by atoms with van der Waals surface area (Å²) in [6.07, 6.45) is 2.91. The summed E-state index contributed by atoms with van der Waals surface area (Å²) in [7, 11) is 2.14. The Kier molecular flexibility index (Phi) is 5.53. The molecular weight excluding hydrogens is 354 g/mol. The minimum Gasteiger partial charge on any atom is -0.484 e. The maximum Gasteiger partial charge on any atom is 0.258 e. The van der Waals surface area contributed by atoms with E-state index in [9.17, 15) is 4.79 Å². The van der Waals surface area contributed by atoms with Gasteiger partial charge in [0.1, 0.15) is 5.75 Å². The highest BCUT2D eigenvalue weighted by molar-refractivity contribution is 5.79. The van der Waals surface area contributed by atoms with Crippen molar-refractivity contribution in [3.8, 4) is 5.75 Å². The summed E-state index contributed by atoms with van der Waals surface area (Å²) in [6.45, 7) is 3.18. The van der Waals surface area contributed by atoms with Crippen LogP contribution in [0, 0.1) is 0 Å². The quantitative estimate of drug-likeness (QED) is 0.680. The lowest BCUT2D eigenvalue weighted by Gasteiger charge is -2.08. The molecule has 28 heavy (non-hydrogen) atoms. The van der Waals surface area contributed by atoms with Crippen LogP contribution in [-0.2, 0) is 11.3 Å². The van der Waals surface area contributed by atoms with Gasteiger partial charge in [0.15, 0.2) is 12.3 Å². The second-order valence-corrected chi connectivity index (χ2v) is 7.18. The van der Waals surface area contributed by atoms with E-state index >= 15 is 0 Å². The maximum absolute atomic E-state index is 12.0. The molecule has 146 valence electrons. The molecule has 0 saturated carbocycles. The Morgan fingerprint density at radius 3 is 2.89 bits per heavy atom. The number of carbonyl (C=O) groups excluding carboxylic acids is 1. The Morgan fingerprint density at radius 2 is 2.11 bits per heavy atom. The van der Waals surface area contributed by atoms with Gasteiger partial charge in [-0.1, -0.05) is 18.2 Å². The fourth-order valence-corrected chi connectivity index (χ4v) is 3.67. The van der Waals surface area contributed by atoms with E-state index in [-0.39, 0.29) is 12.5 Å². The van der Waals surface area contributed by atoms with E-state index in [1.807, 2.05) is 41.1 Å². The molecule has 4 rings (SSSR count). The van der Waals surface area contributed by atoms with Crippen LogP contribution in [0.5, 0.6) is 5.75 Å². The smallest absolute Gasteiger partial charge is 0.258 e. The first-order valence-electron chi connectivity index (χ1n) is 9.65. The standard InChI is InChI=1S/C21H25N5O2/c1-25-12-9-16(14-25)20-18-8-5-10-23-21(18)26(24-20)13-11-22-19(27)15-28-17-6-3-2-4-7-17/h2-8,10,16H,9,11-15H2,1H3,(H,22,27)/t16-/m0/s1. The lowest BCUT2D eigenvalue weighted by Crippen LogP contribution is -2.31. The highest BCUT2D eigenvalue weighted by Gasteiger charge is 2.26. The third-order valence-corrected chi connectivity index (χ3v) is 5.07. The highest BCUT2D eigenvalue weighted by atomic mass is 16.5. The van der Waals surface area contributed by atoms with Gasteiger partial charge in [-0.25, -0.2) is 9.67 Å². The summed E-state index contributed by atoms with van der Waals surface area (Å²) in [6, 6.07) is 13.4. The van der Waals surface area contributed by atoms with E-state index in [2.05, 4.69) is 28.3 Å². The lowest BCUT2D eigenvalue weighted by molar-refractivity contribution is -0.123. The second-order valence-electron chi connectivity index (χ2n) is 7.18. The molecular formula is C21H25N5O2. The van der Waals surface area contributed by atoms with Gasteiger partial charge in [0.05, 0.1) is 12.2 Å². The Hall–Kier alpha value is -2.93. The zero-order chi connectivity index (χ0) is 19.3. The molecule has 1 fully saturated rings. The molecule has 1 saturated heterocycles. The normalized spacial score (nSPS) is 17.1. The number of para-hydroxylation sites is 1. The summed E-state index contributed by atoms with van der Waals surface area (Å²) in [4.78, 5) is 18.9. The summed E-state index contributed by atoms with van der Waals surface area (Å²) in [5.41, 5.74) is 1.99. The number of hydrogen-bond donors (Lipinski definition) is 1. The van der Waals surface area contributed by atoms with Crippen LogP contribution in [0.2, 0.25) is 0 Å². The fraction of sp³-hybridized carbons (Fsp3) is 0.381. The van der Waals surface area contributed by atoms with Crippen molar-refractivity contribution in [1.82, 2.24) is 25.0 Å². The van der Waals surface area contributed by atoms with Crippen molar-refractivity contribution < 1.29 is 9.53 Å². The van der Waals surface area contributed by atoms with E-state index in [4.69, 9.17) is 9.84 Å². The number of carbonyl (C=O) groups is 1.